The Labute approximate surface area is 154 Å². The van der Waals surface area contributed by atoms with Gasteiger partial charge in [0.2, 0.25) is 0 Å². The molecule has 2 atom stereocenters. The molecule has 0 aliphatic rings. The monoisotopic (exact) mass is 404 g/mol. The lowest BCUT2D eigenvalue weighted by Crippen LogP contribution is -2.36. The summed E-state index contributed by atoms with van der Waals surface area (Å²) in [5.74, 6) is -4.13. The van der Waals surface area contributed by atoms with Gasteiger partial charge >= 0.3 is 6.18 Å². The summed E-state index contributed by atoms with van der Waals surface area (Å²) in [6.45, 7) is 3.33. The van der Waals surface area contributed by atoms with Crippen molar-refractivity contribution in [2.75, 3.05) is 11.5 Å². The molecule has 0 N–H and O–H groups in total. The maximum Gasteiger partial charge on any atom is 0.397 e. The third kappa shape index (κ3) is 5.25. The van der Waals surface area contributed by atoms with Gasteiger partial charge in [0.25, 0.3) is 0 Å². The molecule has 3 nitrogen and oxygen atoms in total. The van der Waals surface area contributed by atoms with Crippen LogP contribution >= 0.6 is 0 Å². The highest BCUT2D eigenvalue weighted by Gasteiger charge is 2.45. The van der Waals surface area contributed by atoms with E-state index in [4.69, 9.17) is 0 Å². The summed E-state index contributed by atoms with van der Waals surface area (Å²) >= 11 is -1.95. The molecule has 0 radical (unpaired) electrons. The van der Waals surface area contributed by atoms with E-state index in [1.165, 1.54) is 37.3 Å². The first-order valence-corrected chi connectivity index (χ1v) is 10.8. The summed E-state index contributed by atoms with van der Waals surface area (Å²) in [5.41, 5.74) is 1.27. The molecule has 8 heteroatoms. The lowest BCUT2D eigenvalue weighted by atomic mass is 10.2. The molecule has 0 saturated heterocycles. The van der Waals surface area contributed by atoms with Crippen LogP contribution in [0.25, 0.3) is 0 Å². The summed E-state index contributed by atoms with van der Waals surface area (Å²) in [6.07, 6.45) is -4.77. The van der Waals surface area contributed by atoms with Crippen molar-refractivity contribution >= 4 is 21.0 Å². The number of aryl methyl sites for hydroxylation is 2. The van der Waals surface area contributed by atoms with Gasteiger partial charge in [-0.2, -0.15) is 13.2 Å². The lowest BCUT2D eigenvalue weighted by Gasteiger charge is -2.22. The smallest absolute Gasteiger partial charge is 0.397 e. The zero-order valence-electron chi connectivity index (χ0n) is 14.3. The van der Waals surface area contributed by atoms with E-state index in [2.05, 4.69) is 0 Å². The molecule has 0 saturated carbocycles. The largest absolute Gasteiger partial charge is 0.611 e. The maximum atomic E-state index is 13.4. The van der Waals surface area contributed by atoms with Gasteiger partial charge in [0.1, 0.15) is 11.7 Å². The minimum Gasteiger partial charge on any atom is -0.611 e. The van der Waals surface area contributed by atoms with Gasteiger partial charge in [-0.25, -0.2) is 8.42 Å². The van der Waals surface area contributed by atoms with Crippen LogP contribution in [-0.4, -0.2) is 30.7 Å². The first-order chi connectivity index (χ1) is 12.0. The molecule has 0 spiro atoms. The predicted octanol–water partition coefficient (Wildman–Crippen LogP) is 4.06. The maximum absolute atomic E-state index is 13.4. The molecular weight excluding hydrogens is 385 g/mol. The third-order valence-corrected chi connectivity index (χ3v) is 7.42. The standard InChI is InChI=1S/C18H19F3O3S2/c1-13-7-9-16(10-8-13)25(22)11-15(18(19,20)21)12-26(23,24)17-6-4-3-5-14(17)2/h3-10,15H,11-12H2,1-2H3. The van der Waals surface area contributed by atoms with E-state index >= 15 is 0 Å². The topological polar surface area (TPSA) is 57.2 Å². The van der Waals surface area contributed by atoms with E-state index in [9.17, 15) is 26.1 Å². The Morgan fingerprint density at radius 2 is 1.62 bits per heavy atom. The summed E-state index contributed by atoms with van der Waals surface area (Å²) < 4.78 is 77.5. The Kier molecular flexibility index (Phi) is 6.42. The fraction of sp³-hybridized carbons (Fsp3) is 0.333. The number of sulfone groups is 1. The Hall–Kier alpha value is -1.51. The Balaban J connectivity index is 2.25. The summed E-state index contributed by atoms with van der Waals surface area (Å²) in [5, 5.41) is 0. The normalized spacial score (nSPS) is 14.8. The number of hydrogen-bond acceptors (Lipinski definition) is 3. The van der Waals surface area contributed by atoms with E-state index < -0.39 is 44.6 Å². The molecule has 2 aromatic carbocycles. The van der Waals surface area contributed by atoms with Crippen molar-refractivity contribution in [3.8, 4) is 0 Å². The Morgan fingerprint density at radius 3 is 2.15 bits per heavy atom. The number of rotatable bonds is 6. The molecule has 0 aromatic heterocycles. The van der Waals surface area contributed by atoms with Crippen molar-refractivity contribution in [1.82, 2.24) is 0 Å². The van der Waals surface area contributed by atoms with E-state index in [1.54, 1.807) is 25.1 Å². The van der Waals surface area contributed by atoms with Gasteiger partial charge in [0.05, 0.1) is 10.6 Å². The zero-order chi connectivity index (χ0) is 19.5. The number of halogens is 3. The van der Waals surface area contributed by atoms with Gasteiger partial charge < -0.3 is 4.55 Å². The number of benzene rings is 2. The van der Waals surface area contributed by atoms with E-state index in [0.717, 1.165) is 5.56 Å². The van der Waals surface area contributed by atoms with E-state index in [-0.39, 0.29) is 9.79 Å². The first kappa shape index (κ1) is 20.8. The summed E-state index contributed by atoms with van der Waals surface area (Å²) in [4.78, 5) is 0.119. The molecular formula is C18H19F3O3S2. The first-order valence-electron chi connectivity index (χ1n) is 7.81. The van der Waals surface area contributed by atoms with Crippen molar-refractivity contribution in [3.05, 3.63) is 59.7 Å². The Bertz CT molecular complexity index is 847. The molecule has 2 unspecified atom stereocenters. The molecule has 2 rings (SSSR count). The van der Waals surface area contributed by atoms with Gasteiger partial charge in [0.15, 0.2) is 14.7 Å². The molecule has 26 heavy (non-hydrogen) atoms. The van der Waals surface area contributed by atoms with Crippen LogP contribution in [0.3, 0.4) is 0 Å². The SMILES string of the molecule is Cc1ccc([S+]([O-])CC(CS(=O)(=O)c2ccccc2C)C(F)(F)F)cc1. The highest BCUT2D eigenvalue weighted by atomic mass is 32.2. The van der Waals surface area contributed by atoms with Gasteiger partial charge in [0, 0.05) is 0 Å². The molecule has 0 aliphatic heterocycles. The van der Waals surface area contributed by atoms with Crippen LogP contribution in [0.1, 0.15) is 11.1 Å². The van der Waals surface area contributed by atoms with Gasteiger partial charge in [-0.15, -0.1) is 0 Å². The molecule has 0 amide bonds. The average Bonchev–Trinajstić information content (AvgIpc) is 2.54. The van der Waals surface area contributed by atoms with Crippen molar-refractivity contribution in [3.63, 3.8) is 0 Å². The Morgan fingerprint density at radius 1 is 1.04 bits per heavy atom. The van der Waals surface area contributed by atoms with Crippen molar-refractivity contribution in [2.45, 2.75) is 29.8 Å². The van der Waals surface area contributed by atoms with E-state index in [0.29, 0.717) is 5.56 Å². The quantitative estimate of drug-likeness (QED) is 0.682. The van der Waals surface area contributed by atoms with Gasteiger partial charge in [-0.3, -0.25) is 0 Å². The van der Waals surface area contributed by atoms with Crippen LogP contribution in [0.15, 0.2) is 58.3 Å². The highest BCUT2D eigenvalue weighted by molar-refractivity contribution is 7.92. The van der Waals surface area contributed by atoms with Crippen LogP contribution < -0.4 is 0 Å². The van der Waals surface area contributed by atoms with E-state index in [1.807, 2.05) is 0 Å². The molecule has 2 aromatic rings. The third-order valence-electron chi connectivity index (χ3n) is 3.95. The minimum atomic E-state index is -4.77. The predicted molar refractivity (Wildman–Crippen MR) is 95.2 cm³/mol. The fourth-order valence-corrected chi connectivity index (χ4v) is 5.78. The molecule has 0 aliphatic carbocycles. The van der Waals surface area contributed by atoms with Crippen LogP contribution in [0.4, 0.5) is 13.2 Å². The summed E-state index contributed by atoms with van der Waals surface area (Å²) in [7, 11) is -4.16. The van der Waals surface area contributed by atoms with Crippen LogP contribution in [0, 0.1) is 19.8 Å². The second kappa shape index (κ2) is 8.02. The van der Waals surface area contributed by atoms with Crippen LogP contribution in [0.2, 0.25) is 0 Å². The average molecular weight is 404 g/mol. The second-order valence-electron chi connectivity index (χ2n) is 6.11. The molecule has 0 bridgehead atoms. The van der Waals surface area contributed by atoms with Gasteiger partial charge in [-0.05, 0) is 48.8 Å². The fourth-order valence-electron chi connectivity index (χ4n) is 2.47. The van der Waals surface area contributed by atoms with Crippen molar-refractivity contribution in [2.24, 2.45) is 5.92 Å². The lowest BCUT2D eigenvalue weighted by molar-refractivity contribution is -0.162. The molecule has 0 fully saturated rings. The summed E-state index contributed by atoms with van der Waals surface area (Å²) in [6, 6.07) is 12.2. The van der Waals surface area contributed by atoms with Crippen LogP contribution in [0.5, 0.6) is 0 Å². The minimum absolute atomic E-state index is 0.129. The van der Waals surface area contributed by atoms with Crippen LogP contribution in [-0.2, 0) is 21.0 Å². The zero-order valence-corrected chi connectivity index (χ0v) is 15.9. The molecule has 0 heterocycles. The van der Waals surface area contributed by atoms with Crippen molar-refractivity contribution < 1.29 is 26.1 Å². The second-order valence-corrected chi connectivity index (χ2v) is 9.61. The highest BCUT2D eigenvalue weighted by Crippen LogP contribution is 2.32. The van der Waals surface area contributed by atoms with Gasteiger partial charge in [-0.1, -0.05) is 35.9 Å². The number of hydrogen-bond donors (Lipinski definition) is 0. The van der Waals surface area contributed by atoms with Crippen molar-refractivity contribution in [1.29, 1.82) is 0 Å². The molecule has 142 valence electrons. The number of alkyl halides is 3.